The first-order valence-electron chi connectivity index (χ1n) is 28.0. The first-order valence-corrected chi connectivity index (χ1v) is 28.0. The van der Waals surface area contributed by atoms with Gasteiger partial charge >= 0.3 is 17.9 Å². The number of esters is 3. The molecule has 69 heavy (non-hydrogen) atoms. The van der Waals surface area contributed by atoms with Crippen molar-refractivity contribution in [1.29, 1.82) is 0 Å². The number of rotatable bonds is 49. The summed E-state index contributed by atoms with van der Waals surface area (Å²) in [6.07, 6.45) is 77.9. The molecule has 0 amide bonds. The molecule has 0 saturated carbocycles. The van der Waals surface area contributed by atoms with E-state index in [1.54, 1.807) is 6.08 Å². The summed E-state index contributed by atoms with van der Waals surface area (Å²) in [6.45, 7) is 6.30. The zero-order valence-electron chi connectivity index (χ0n) is 44.5. The molecule has 0 heterocycles. The van der Waals surface area contributed by atoms with Crippen molar-refractivity contribution in [3.63, 3.8) is 0 Å². The third-order valence-corrected chi connectivity index (χ3v) is 11.5. The molecule has 0 aromatic rings. The first kappa shape index (κ1) is 64.8. The van der Waals surface area contributed by atoms with E-state index in [0.717, 1.165) is 103 Å². The van der Waals surface area contributed by atoms with Crippen molar-refractivity contribution in [1.82, 2.24) is 0 Å². The molecule has 0 saturated heterocycles. The van der Waals surface area contributed by atoms with E-state index in [9.17, 15) is 14.4 Å². The Balaban J connectivity index is 4.44. The summed E-state index contributed by atoms with van der Waals surface area (Å²) in [7, 11) is 0. The van der Waals surface area contributed by atoms with Crippen LogP contribution < -0.4 is 0 Å². The molecule has 1 atom stereocenters. The largest absolute Gasteiger partial charge is 0.462 e. The van der Waals surface area contributed by atoms with Crippen LogP contribution in [0.5, 0.6) is 0 Å². The normalized spacial score (nSPS) is 13.0. The van der Waals surface area contributed by atoms with Crippen molar-refractivity contribution in [3.8, 4) is 0 Å². The minimum Gasteiger partial charge on any atom is -0.462 e. The highest BCUT2D eigenvalue weighted by Gasteiger charge is 2.19. The van der Waals surface area contributed by atoms with Crippen molar-refractivity contribution >= 4 is 17.9 Å². The molecular weight excluding hydrogens is 853 g/mol. The molecule has 6 heteroatoms. The minimum atomic E-state index is -0.840. The molecule has 1 unspecified atom stereocenters. The summed E-state index contributed by atoms with van der Waals surface area (Å²) in [6, 6.07) is 0. The van der Waals surface area contributed by atoms with Crippen molar-refractivity contribution in [2.24, 2.45) is 0 Å². The van der Waals surface area contributed by atoms with Gasteiger partial charge in [0.15, 0.2) is 6.10 Å². The lowest BCUT2D eigenvalue weighted by molar-refractivity contribution is -0.166. The second-order valence-electron chi connectivity index (χ2n) is 18.1. The van der Waals surface area contributed by atoms with E-state index >= 15 is 0 Å². The third kappa shape index (κ3) is 54.6. The van der Waals surface area contributed by atoms with E-state index in [1.807, 2.05) is 6.08 Å². The third-order valence-electron chi connectivity index (χ3n) is 11.5. The topological polar surface area (TPSA) is 78.9 Å². The van der Waals surface area contributed by atoms with Crippen molar-refractivity contribution in [3.05, 3.63) is 122 Å². The van der Waals surface area contributed by atoms with Gasteiger partial charge in [-0.1, -0.05) is 232 Å². The summed E-state index contributed by atoms with van der Waals surface area (Å²) in [5.41, 5.74) is 0. The van der Waals surface area contributed by atoms with Crippen LogP contribution >= 0.6 is 0 Å². The van der Waals surface area contributed by atoms with Crippen LogP contribution in [0.25, 0.3) is 0 Å². The number of unbranched alkanes of at least 4 members (excludes halogenated alkanes) is 19. The molecule has 0 bridgehead atoms. The van der Waals surface area contributed by atoms with E-state index in [1.165, 1.54) is 89.9 Å². The number of allylic oxidation sites excluding steroid dienone is 19. The van der Waals surface area contributed by atoms with E-state index in [-0.39, 0.29) is 31.6 Å². The lowest BCUT2D eigenvalue weighted by Crippen LogP contribution is -2.30. The highest BCUT2D eigenvalue weighted by atomic mass is 16.6. The molecule has 0 aliphatic rings. The second-order valence-corrected chi connectivity index (χ2v) is 18.1. The van der Waals surface area contributed by atoms with E-state index in [0.29, 0.717) is 19.3 Å². The van der Waals surface area contributed by atoms with Gasteiger partial charge in [-0.15, -0.1) is 0 Å². The zero-order chi connectivity index (χ0) is 50.0. The maximum Gasteiger partial charge on any atom is 0.310 e. The Kier molecular flexibility index (Phi) is 53.0. The maximum absolute atomic E-state index is 12.8. The molecule has 0 aromatic heterocycles. The van der Waals surface area contributed by atoms with Crippen LogP contribution in [0.1, 0.15) is 239 Å². The quantitative estimate of drug-likeness (QED) is 0.0262. The minimum absolute atomic E-state index is 0.0906. The molecule has 0 radical (unpaired) electrons. The summed E-state index contributed by atoms with van der Waals surface area (Å²) in [5.74, 6) is -1.07. The summed E-state index contributed by atoms with van der Waals surface area (Å²) in [4.78, 5) is 38.0. The lowest BCUT2D eigenvalue weighted by Gasteiger charge is -2.18. The van der Waals surface area contributed by atoms with Gasteiger partial charge < -0.3 is 14.2 Å². The van der Waals surface area contributed by atoms with Crippen LogP contribution in [0.2, 0.25) is 0 Å². The molecule has 0 fully saturated rings. The number of ether oxygens (including phenoxy) is 3. The molecule has 0 aliphatic carbocycles. The average Bonchev–Trinajstić information content (AvgIpc) is 3.35. The first-order chi connectivity index (χ1) is 34.0. The van der Waals surface area contributed by atoms with Crippen molar-refractivity contribution in [2.75, 3.05) is 13.2 Å². The maximum atomic E-state index is 12.8. The molecule has 0 N–H and O–H groups in total. The van der Waals surface area contributed by atoms with Crippen LogP contribution in [0.3, 0.4) is 0 Å². The van der Waals surface area contributed by atoms with Gasteiger partial charge in [-0.2, -0.15) is 0 Å². The smallest absolute Gasteiger partial charge is 0.310 e. The van der Waals surface area contributed by atoms with Gasteiger partial charge in [0.2, 0.25) is 0 Å². The monoisotopic (exact) mass is 955 g/mol. The van der Waals surface area contributed by atoms with Crippen molar-refractivity contribution < 1.29 is 28.6 Å². The van der Waals surface area contributed by atoms with Gasteiger partial charge in [-0.05, 0) is 109 Å². The fraction of sp³-hybridized carbons (Fsp3) is 0.635. The second kappa shape index (κ2) is 56.4. The van der Waals surface area contributed by atoms with Gasteiger partial charge in [0.05, 0.1) is 6.42 Å². The molecule has 390 valence electrons. The molecule has 0 rings (SSSR count). The van der Waals surface area contributed by atoms with Gasteiger partial charge in [-0.3, -0.25) is 14.4 Å². The van der Waals surface area contributed by atoms with Crippen LogP contribution in [0.4, 0.5) is 0 Å². The number of hydrogen-bond donors (Lipinski definition) is 0. The van der Waals surface area contributed by atoms with Gasteiger partial charge in [0.25, 0.3) is 0 Å². The summed E-state index contributed by atoms with van der Waals surface area (Å²) >= 11 is 0. The molecule has 0 aliphatic heterocycles. The highest BCUT2D eigenvalue weighted by Crippen LogP contribution is 2.14. The Morgan fingerprint density at radius 3 is 0.971 bits per heavy atom. The SMILES string of the molecule is CC/C=C\C/C=C\C/C=C\C/C=C\C/C=C\CC(=O)OC(COC(=O)CCCCCCC/C=C\CCCCCC)COC(=O)CCCCCCCCCCCC/C=C\C/C=C\C/C=C\C/C=C\CC. The van der Waals surface area contributed by atoms with Crippen LogP contribution in [-0.4, -0.2) is 37.2 Å². The Labute approximate surface area is 424 Å². The van der Waals surface area contributed by atoms with Gasteiger partial charge in [0, 0.05) is 12.8 Å². The number of hydrogen-bond acceptors (Lipinski definition) is 6. The van der Waals surface area contributed by atoms with E-state index in [4.69, 9.17) is 14.2 Å². The predicted octanol–water partition coefficient (Wildman–Crippen LogP) is 18.9. The standard InChI is InChI=1S/C63H102O6/c1-4-7-10-13-16-19-22-25-27-28-29-30-31-32-33-34-36-38-41-44-47-50-53-56-62(65)68-59-60(58-67-61(64)55-52-49-46-43-40-37-24-21-18-15-12-9-6-3)69-63(66)57-54-51-48-45-42-39-35-26-23-20-17-14-11-8-5-2/h7-8,10-11,16-17,19-21,24-27,29-30,35,42,45,51,54,60H,4-6,9,12-15,18,22-23,28,31-34,36-41,43-44,46-50,52-53,55-59H2,1-3H3/b10-7-,11-8-,19-16-,20-17-,24-21-,27-25-,30-29-,35-26-,45-42-,54-51-. The molecular formula is C63H102O6. The highest BCUT2D eigenvalue weighted by molar-refractivity contribution is 5.72. The molecule has 6 nitrogen and oxygen atoms in total. The number of carbonyl (C=O) groups excluding carboxylic acids is 3. The zero-order valence-corrected chi connectivity index (χ0v) is 44.5. The predicted molar refractivity (Wildman–Crippen MR) is 297 cm³/mol. The van der Waals surface area contributed by atoms with Crippen LogP contribution in [0.15, 0.2) is 122 Å². The van der Waals surface area contributed by atoms with E-state index < -0.39 is 12.1 Å². The molecule has 0 spiro atoms. The Morgan fingerprint density at radius 2 is 0.609 bits per heavy atom. The Hall–Kier alpha value is -4.19. The van der Waals surface area contributed by atoms with E-state index in [2.05, 4.69) is 130 Å². The summed E-state index contributed by atoms with van der Waals surface area (Å²) < 4.78 is 16.7. The number of carbonyl (C=O) groups is 3. The fourth-order valence-corrected chi connectivity index (χ4v) is 7.33. The van der Waals surface area contributed by atoms with Gasteiger partial charge in [0.1, 0.15) is 13.2 Å². The molecule has 0 aromatic carbocycles. The fourth-order valence-electron chi connectivity index (χ4n) is 7.33. The van der Waals surface area contributed by atoms with Crippen molar-refractivity contribution in [2.45, 2.75) is 245 Å². The Morgan fingerprint density at radius 1 is 0.319 bits per heavy atom. The average molecular weight is 956 g/mol. The Bertz CT molecular complexity index is 1470. The van der Waals surface area contributed by atoms with Crippen LogP contribution in [0, 0.1) is 0 Å². The summed E-state index contributed by atoms with van der Waals surface area (Å²) in [5, 5.41) is 0. The van der Waals surface area contributed by atoms with Crippen LogP contribution in [-0.2, 0) is 28.6 Å². The lowest BCUT2D eigenvalue weighted by atomic mass is 10.1. The van der Waals surface area contributed by atoms with Gasteiger partial charge in [-0.25, -0.2) is 0 Å².